The van der Waals surface area contributed by atoms with Crippen LogP contribution in [0.1, 0.15) is 347 Å². The van der Waals surface area contributed by atoms with Crippen LogP contribution in [0.2, 0.25) is 0 Å². The Kier molecular flexibility index (Phi) is 36.0. The van der Waals surface area contributed by atoms with E-state index in [2.05, 4.69) is 403 Å². The van der Waals surface area contributed by atoms with Crippen LogP contribution in [0.3, 0.4) is 0 Å². The van der Waals surface area contributed by atoms with Gasteiger partial charge < -0.3 is 83.7 Å². The van der Waals surface area contributed by atoms with Crippen molar-refractivity contribution in [3.63, 3.8) is 0 Å². The van der Waals surface area contributed by atoms with Gasteiger partial charge in [0.15, 0.2) is 0 Å². The molecular weight excluding hydrogens is 2010 g/mol. The van der Waals surface area contributed by atoms with Gasteiger partial charge in [-0.2, -0.15) is 12.8 Å². The maximum atomic E-state index is 6.33. The fraction of sp³-hybridized carbons (Fsp3) is 0.558. The van der Waals surface area contributed by atoms with Crippen LogP contribution in [0, 0.1) is 13.8 Å². The van der Waals surface area contributed by atoms with Crippen LogP contribution in [0.15, 0.2) is 163 Å². The molecule has 7 fully saturated rings. The van der Waals surface area contributed by atoms with Crippen molar-refractivity contribution in [3.05, 3.63) is 222 Å². The van der Waals surface area contributed by atoms with Gasteiger partial charge in [-0.1, -0.05) is 243 Å². The van der Waals surface area contributed by atoms with Crippen LogP contribution >= 0.6 is 63.7 Å². The van der Waals surface area contributed by atoms with E-state index < -0.39 is 21.3 Å². The number of unbranched alkanes of at least 4 members (excludes halogenated alkanes) is 2. The molecular formula is C113H157B7Br4Li2O15. The van der Waals surface area contributed by atoms with Crippen molar-refractivity contribution in [1.82, 2.24) is 0 Å². The van der Waals surface area contributed by atoms with Crippen LogP contribution in [0.4, 0.5) is 0 Å². The first-order chi connectivity index (χ1) is 63.6. The molecule has 0 unspecified atom stereocenters. The van der Waals surface area contributed by atoms with Crippen LogP contribution in [0.5, 0.6) is 0 Å². The van der Waals surface area contributed by atoms with E-state index in [0.29, 0.717) is 0 Å². The molecule has 7 aliphatic heterocycles. The molecule has 8 aromatic carbocycles. The normalized spacial score (nSPS) is 22.4. The number of hydrogen-bond acceptors (Lipinski definition) is 15. The van der Waals surface area contributed by atoms with Crippen molar-refractivity contribution in [2.75, 3.05) is 0 Å². The Balaban J connectivity index is 0.000000176. The van der Waals surface area contributed by atoms with Gasteiger partial charge in [0.2, 0.25) is 0 Å². The first-order valence-corrected chi connectivity index (χ1v) is 53.3. The standard InChI is InChI=1S/2C27H36B2O4.2C15H12Br2.C12H24B2O4.C9H19BO3.2C4H9.2Li/c2*1-23(2)21-15-17(28-30-24(3,4)25(5,6)31-28)11-13-19(21)20-14-12-18(16-22(20)23)29-32-26(7,8)27(9,10)33-29;2*1-15(2)13-7-9(16)3-5-11(13)12-6-4-10(17)8-14(12)15;1-9(2)10(3,4)16-13(15-9)14-17-11(5,6)12(7,8)18-14;1-7(2)11-10-12-8(3,4)9(5,6)13-10;2*1-3-4-2;;/h2*11-16H,1-10H3;2*3-8H,1-2H3;1-8H3;7H,1-6H3;2*1,3-4H2,2H3;;/q;;;;;;2*-1;2*+1. The van der Waals surface area contributed by atoms with E-state index >= 15 is 0 Å². The fourth-order valence-corrected chi connectivity index (χ4v) is 19.9. The van der Waals surface area contributed by atoms with Gasteiger partial charge in [0.05, 0.1) is 78.4 Å². The molecule has 141 heavy (non-hydrogen) atoms. The summed E-state index contributed by atoms with van der Waals surface area (Å²) in [6.07, 6.45) is 4.68. The second-order valence-corrected chi connectivity index (χ2v) is 52.2. The first-order valence-electron chi connectivity index (χ1n) is 50.1. The average molecular weight is 2160 g/mol. The molecule has 0 radical (unpaired) electrons. The molecule has 0 amide bonds. The molecule has 4 aliphatic carbocycles. The third-order valence-corrected chi connectivity index (χ3v) is 34.8. The van der Waals surface area contributed by atoms with Gasteiger partial charge in [-0.05, 0) is 367 Å². The monoisotopic (exact) mass is 2160 g/mol. The second kappa shape index (κ2) is 42.4. The van der Waals surface area contributed by atoms with Crippen molar-refractivity contribution in [2.24, 2.45) is 0 Å². The van der Waals surface area contributed by atoms with E-state index in [9.17, 15) is 0 Å². The summed E-state index contributed by atoms with van der Waals surface area (Å²) in [6.45, 7) is 91.5. The molecule has 15 nitrogen and oxygen atoms in total. The number of halogens is 4. The number of hydrogen-bond donors (Lipinski definition) is 0. The van der Waals surface area contributed by atoms with Crippen LogP contribution in [0.25, 0.3) is 44.5 Å². The average Bonchev–Trinajstić information content (AvgIpc) is 1.57. The number of benzene rings is 8. The third kappa shape index (κ3) is 23.7. The van der Waals surface area contributed by atoms with Gasteiger partial charge in [-0.3, -0.25) is 0 Å². The van der Waals surface area contributed by atoms with Gasteiger partial charge >= 0.3 is 87.5 Å². The molecule has 7 saturated heterocycles. The summed E-state index contributed by atoms with van der Waals surface area (Å²) in [4.78, 5) is 0. The summed E-state index contributed by atoms with van der Waals surface area (Å²) in [5.41, 5.74) is 20.6. The van der Waals surface area contributed by atoms with Gasteiger partial charge in [-0.15, -0.1) is 0 Å². The van der Waals surface area contributed by atoms with Crippen molar-refractivity contribution in [3.8, 4) is 44.5 Å². The van der Waals surface area contributed by atoms with Gasteiger partial charge in [0.1, 0.15) is 0 Å². The Hall–Kier alpha value is -3.27. The molecule has 0 spiro atoms. The summed E-state index contributed by atoms with van der Waals surface area (Å²) in [5.74, 6) is 0. The maximum Gasteiger partial charge on any atom is 1.00 e. The number of fused-ring (bicyclic) bond motifs is 12. The summed E-state index contributed by atoms with van der Waals surface area (Å²) in [5, 5.41) is 0. The Bertz CT molecular complexity index is 5100. The molecule has 0 N–H and O–H groups in total. The predicted octanol–water partition coefficient (Wildman–Crippen LogP) is 21.7. The van der Waals surface area contributed by atoms with E-state index in [0.717, 1.165) is 52.6 Å². The molecule has 8 aromatic rings. The largest absolute Gasteiger partial charge is 1.00 e. The van der Waals surface area contributed by atoms with Crippen LogP contribution in [-0.4, -0.2) is 134 Å². The van der Waals surface area contributed by atoms with E-state index in [1.165, 1.54) is 102 Å². The summed E-state index contributed by atoms with van der Waals surface area (Å²) in [6, 6.07) is 52.8. The van der Waals surface area contributed by atoms with Crippen molar-refractivity contribution in [1.29, 1.82) is 0 Å². The third-order valence-electron chi connectivity index (χ3n) is 32.8. The minimum Gasteiger partial charge on any atom is -0.405 e. The number of rotatable bonds is 9. The molecule has 0 bridgehead atoms. The Morgan fingerprint density at radius 2 is 0.376 bits per heavy atom. The van der Waals surface area contributed by atoms with E-state index in [1.54, 1.807) is 0 Å². The predicted molar refractivity (Wildman–Crippen MR) is 595 cm³/mol. The van der Waals surface area contributed by atoms with Crippen molar-refractivity contribution >= 4 is 135 Å². The Labute approximate surface area is 910 Å². The van der Waals surface area contributed by atoms with Crippen molar-refractivity contribution < 1.29 is 108 Å². The molecule has 0 saturated carbocycles. The topological polar surface area (TPSA) is 138 Å². The molecule has 19 rings (SSSR count). The van der Waals surface area contributed by atoms with Crippen molar-refractivity contribution in [2.45, 2.75) is 409 Å². The van der Waals surface area contributed by atoms with E-state index in [-0.39, 0.29) is 172 Å². The maximum absolute atomic E-state index is 6.33. The second-order valence-electron chi connectivity index (χ2n) is 48.5. The van der Waals surface area contributed by atoms with Crippen LogP contribution in [-0.2, 0) is 91.5 Å². The van der Waals surface area contributed by atoms with Gasteiger partial charge in [0, 0.05) is 45.7 Å². The molecule has 0 aromatic heterocycles. The minimum absolute atomic E-state index is 0. The van der Waals surface area contributed by atoms with E-state index in [1.807, 2.05) is 96.9 Å². The molecule has 28 heteroatoms. The summed E-state index contributed by atoms with van der Waals surface area (Å²) in [7, 11) is -2.92. The summed E-state index contributed by atoms with van der Waals surface area (Å²) >= 11 is 14.3. The zero-order chi connectivity index (χ0) is 104. The molecule has 750 valence electrons. The molecule has 0 atom stereocenters. The van der Waals surface area contributed by atoms with E-state index in [4.69, 9.17) is 69.8 Å². The fourth-order valence-electron chi connectivity index (χ4n) is 18.5. The zero-order valence-electron chi connectivity index (χ0n) is 93.4. The molecule has 11 aliphatic rings. The SMILES string of the molecule is CC(C)OB1OC(C)(C)C(C)(C)O1.CC1(C)OB(B2OC(C)(C)C(C)(C)O2)OC1(C)C.CC1(C)c2cc(B3OC(C)(C)C(C)(C)O3)ccc2-c2ccc(B3OC(C)(C)C(C)(C)O3)cc21.CC1(C)c2cc(B3OC(C)(C)C(C)(C)O3)ccc2-c2ccc(B3OC(C)(C)C(C)(C)O3)cc21.CC1(C)c2cc(Br)ccc2-c2ccc(Br)cc21.CC1(C)c2cc(Br)ccc2-c2ccc(Br)cc21.[CH2-]CCC.[CH2-]CCC.[Li+].[Li+]. The van der Waals surface area contributed by atoms with Crippen LogP contribution < -0.4 is 59.6 Å². The molecule has 7 heterocycles. The Morgan fingerprint density at radius 3 is 0.532 bits per heavy atom. The smallest absolute Gasteiger partial charge is 0.405 e. The quantitative estimate of drug-likeness (QED) is 0.1000. The minimum atomic E-state index is -0.523. The van der Waals surface area contributed by atoms with Gasteiger partial charge in [0.25, 0.3) is 0 Å². The first kappa shape index (κ1) is 120. The Morgan fingerprint density at radius 1 is 0.234 bits per heavy atom. The zero-order valence-corrected chi connectivity index (χ0v) is 99.7. The summed E-state index contributed by atoms with van der Waals surface area (Å²) < 4.78 is 95.7. The van der Waals surface area contributed by atoms with Gasteiger partial charge in [-0.25, -0.2) is 0 Å².